The van der Waals surface area contributed by atoms with Gasteiger partial charge in [-0.15, -0.1) is 0 Å². The molecule has 0 N–H and O–H groups in total. The fourth-order valence-corrected chi connectivity index (χ4v) is 3.99. The molecule has 1 unspecified atom stereocenters. The van der Waals surface area contributed by atoms with E-state index in [0.717, 1.165) is 17.1 Å². The Labute approximate surface area is 164 Å². The Balaban J connectivity index is 3.17. The zero-order chi connectivity index (χ0) is 20.0. The van der Waals surface area contributed by atoms with Gasteiger partial charge in [0, 0.05) is 6.42 Å². The lowest BCUT2D eigenvalue weighted by Gasteiger charge is -2.26. The number of aliphatic imine (C=N–C) groups is 1. The number of carbonyl (C=O) groups excluding carboxylic acids is 1. The molecule has 1 atom stereocenters. The Morgan fingerprint density at radius 3 is 2.19 bits per heavy atom. The number of esters is 1. The van der Waals surface area contributed by atoms with Gasteiger partial charge < -0.3 is 13.6 Å². The van der Waals surface area contributed by atoms with Gasteiger partial charge >= 0.3 is 5.97 Å². The van der Waals surface area contributed by atoms with Gasteiger partial charge in [0.15, 0.2) is 6.04 Å². The predicted molar refractivity (Wildman–Crippen MR) is 114 cm³/mol. The quantitative estimate of drug-likeness (QED) is 0.255. The van der Waals surface area contributed by atoms with E-state index in [1.54, 1.807) is 6.92 Å². The Morgan fingerprint density at radius 1 is 1.12 bits per heavy atom. The second kappa shape index (κ2) is 9.46. The highest BCUT2D eigenvalue weighted by atomic mass is 32.1. The number of isothiocyanates is 1. The van der Waals surface area contributed by atoms with E-state index >= 15 is 0 Å². The normalized spacial score (nSPS) is 12.7. The van der Waals surface area contributed by atoms with Crippen molar-refractivity contribution in [1.82, 2.24) is 0 Å². The van der Waals surface area contributed by atoms with Crippen molar-refractivity contribution >= 4 is 40.0 Å². The third kappa shape index (κ3) is 8.27. The van der Waals surface area contributed by atoms with Crippen LogP contribution in [0.4, 0.5) is 0 Å². The SMILES string of the molecule is CCOC(=O)C(Cc1ccc(O[Si](C)(C)C)c(O[Si](C)(C)C)c1)N=C=S. The van der Waals surface area contributed by atoms with Crippen molar-refractivity contribution in [3.8, 4) is 11.5 Å². The number of thiocarbonyl (C=S) groups is 1. The molecule has 0 heterocycles. The molecule has 0 aromatic heterocycles. The van der Waals surface area contributed by atoms with E-state index in [1.165, 1.54) is 0 Å². The van der Waals surface area contributed by atoms with E-state index in [9.17, 15) is 4.79 Å². The third-order valence-electron chi connectivity index (χ3n) is 3.04. The molecule has 8 heteroatoms. The monoisotopic (exact) mass is 411 g/mol. The fraction of sp³-hybridized carbons (Fsp3) is 0.556. The second-order valence-corrected chi connectivity index (χ2v) is 16.9. The summed E-state index contributed by atoms with van der Waals surface area (Å²) in [5.41, 5.74) is 0.910. The molecule has 0 aliphatic carbocycles. The van der Waals surface area contributed by atoms with Crippen LogP contribution in [0, 0.1) is 0 Å². The number of carbonyl (C=O) groups is 1. The van der Waals surface area contributed by atoms with Gasteiger partial charge in [-0.3, -0.25) is 0 Å². The van der Waals surface area contributed by atoms with Crippen LogP contribution in [0.5, 0.6) is 11.5 Å². The maximum absolute atomic E-state index is 12.1. The lowest BCUT2D eigenvalue weighted by molar-refractivity contribution is -0.144. The van der Waals surface area contributed by atoms with Gasteiger partial charge in [0.2, 0.25) is 16.6 Å². The van der Waals surface area contributed by atoms with Crippen LogP contribution in [-0.2, 0) is 16.0 Å². The van der Waals surface area contributed by atoms with Crippen molar-refractivity contribution in [3.05, 3.63) is 23.8 Å². The lowest BCUT2D eigenvalue weighted by atomic mass is 10.1. The van der Waals surface area contributed by atoms with Crippen molar-refractivity contribution in [1.29, 1.82) is 0 Å². The molecule has 0 amide bonds. The molecule has 0 saturated carbocycles. The average Bonchev–Trinajstić information content (AvgIpc) is 2.47. The molecule has 0 aliphatic heterocycles. The minimum Gasteiger partial charge on any atom is -0.542 e. The average molecular weight is 412 g/mol. The first-order valence-electron chi connectivity index (χ1n) is 8.69. The van der Waals surface area contributed by atoms with Crippen LogP contribution in [0.3, 0.4) is 0 Å². The van der Waals surface area contributed by atoms with E-state index in [4.69, 9.17) is 13.6 Å². The van der Waals surface area contributed by atoms with E-state index < -0.39 is 28.6 Å². The number of rotatable bonds is 9. The highest BCUT2D eigenvalue weighted by molar-refractivity contribution is 7.78. The van der Waals surface area contributed by atoms with Gasteiger partial charge in [0.05, 0.1) is 11.8 Å². The van der Waals surface area contributed by atoms with Gasteiger partial charge in [0.25, 0.3) is 0 Å². The summed E-state index contributed by atoms with van der Waals surface area (Å²) >= 11 is 4.67. The van der Waals surface area contributed by atoms with Crippen LogP contribution in [0.25, 0.3) is 0 Å². The van der Waals surface area contributed by atoms with Crippen LogP contribution in [-0.4, -0.2) is 40.4 Å². The predicted octanol–water partition coefficient (Wildman–Crippen LogP) is 4.69. The van der Waals surface area contributed by atoms with E-state index in [0.29, 0.717) is 13.0 Å². The van der Waals surface area contributed by atoms with Crippen molar-refractivity contribution in [2.45, 2.75) is 58.7 Å². The van der Waals surface area contributed by atoms with Gasteiger partial charge in [-0.25, -0.2) is 9.79 Å². The van der Waals surface area contributed by atoms with E-state index in [2.05, 4.69) is 61.7 Å². The topological polar surface area (TPSA) is 57.1 Å². The summed E-state index contributed by atoms with van der Waals surface area (Å²) in [6.45, 7) is 14.8. The smallest absolute Gasteiger partial charge is 0.332 e. The first-order chi connectivity index (χ1) is 11.9. The number of nitrogens with zero attached hydrogens (tertiary/aromatic N) is 1. The van der Waals surface area contributed by atoms with Gasteiger partial charge in [-0.1, -0.05) is 6.07 Å². The summed E-state index contributed by atoms with van der Waals surface area (Å²) in [6, 6.07) is 5.07. The lowest BCUT2D eigenvalue weighted by Crippen LogP contribution is -2.32. The molecule has 1 aromatic carbocycles. The number of hydrogen-bond donors (Lipinski definition) is 0. The molecule has 1 aromatic rings. The molecular weight excluding hydrogens is 382 g/mol. The minimum absolute atomic E-state index is 0.301. The highest BCUT2D eigenvalue weighted by Gasteiger charge is 2.25. The molecule has 1 rings (SSSR count). The summed E-state index contributed by atoms with van der Waals surface area (Å²) in [6.07, 6.45) is 0.373. The summed E-state index contributed by atoms with van der Waals surface area (Å²) in [7, 11) is -3.60. The molecule has 5 nitrogen and oxygen atoms in total. The zero-order valence-electron chi connectivity index (χ0n) is 16.7. The van der Waals surface area contributed by atoms with Crippen LogP contribution in [0.1, 0.15) is 12.5 Å². The Bertz CT molecular complexity index is 677. The zero-order valence-corrected chi connectivity index (χ0v) is 19.5. The van der Waals surface area contributed by atoms with Crippen LogP contribution in [0.15, 0.2) is 23.2 Å². The van der Waals surface area contributed by atoms with Crippen LogP contribution in [0.2, 0.25) is 39.3 Å². The van der Waals surface area contributed by atoms with Crippen molar-refractivity contribution in [2.75, 3.05) is 6.61 Å². The fourth-order valence-electron chi connectivity index (χ4n) is 2.21. The first-order valence-corrected chi connectivity index (χ1v) is 15.9. The second-order valence-electron chi connectivity index (χ2n) is 7.90. The highest BCUT2D eigenvalue weighted by Crippen LogP contribution is 2.33. The van der Waals surface area contributed by atoms with Gasteiger partial charge in [0.1, 0.15) is 11.5 Å². The molecule has 144 valence electrons. The van der Waals surface area contributed by atoms with Crippen LogP contribution >= 0.6 is 12.2 Å². The van der Waals surface area contributed by atoms with Crippen molar-refractivity contribution < 1.29 is 18.4 Å². The number of ether oxygens (including phenoxy) is 1. The van der Waals surface area contributed by atoms with Crippen molar-refractivity contribution in [3.63, 3.8) is 0 Å². The molecule has 26 heavy (non-hydrogen) atoms. The molecule has 0 aliphatic rings. The molecule has 0 saturated heterocycles. The summed E-state index contributed by atoms with van der Waals surface area (Å²) in [4.78, 5) is 16.0. The Hall–Kier alpha value is -1.48. The third-order valence-corrected chi connectivity index (χ3v) is 4.81. The maximum Gasteiger partial charge on any atom is 0.332 e. The molecule has 0 spiro atoms. The minimum atomic E-state index is -1.83. The van der Waals surface area contributed by atoms with Gasteiger partial charge in [-0.05, 0) is 76.1 Å². The summed E-state index contributed by atoms with van der Waals surface area (Å²) < 4.78 is 17.5. The Kier molecular flexibility index (Phi) is 8.21. The van der Waals surface area contributed by atoms with Gasteiger partial charge in [-0.2, -0.15) is 0 Å². The van der Waals surface area contributed by atoms with E-state index in [-0.39, 0.29) is 0 Å². The van der Waals surface area contributed by atoms with Crippen molar-refractivity contribution in [2.24, 2.45) is 4.99 Å². The summed E-state index contributed by atoms with van der Waals surface area (Å²) in [5.74, 6) is 1.07. The molecular formula is C18H29NO4SSi2. The molecule has 0 bridgehead atoms. The number of benzene rings is 1. The standard InChI is InChI=1S/C18H29NO4SSi2/c1-8-21-18(20)15(19-13-24)11-14-9-10-16(22-25(2,3)4)17(12-14)23-26(5,6)7/h9-10,12,15H,8,11H2,1-7H3. The molecule has 0 fully saturated rings. The van der Waals surface area contributed by atoms with Crippen LogP contribution < -0.4 is 8.85 Å². The molecule has 0 radical (unpaired) electrons. The maximum atomic E-state index is 12.1. The Morgan fingerprint density at radius 2 is 1.69 bits per heavy atom. The number of hydrogen-bond acceptors (Lipinski definition) is 6. The first kappa shape index (κ1) is 22.6. The largest absolute Gasteiger partial charge is 0.542 e. The van der Waals surface area contributed by atoms with E-state index in [1.807, 2.05) is 18.2 Å². The summed E-state index contributed by atoms with van der Waals surface area (Å²) in [5, 5.41) is 2.29.